The molecular formula is C30H29FN6O4S. The minimum atomic E-state index is -0.946. The summed E-state index contributed by atoms with van der Waals surface area (Å²) in [7, 11) is 0. The smallest absolute Gasteiger partial charge is 0.335 e. The lowest BCUT2D eigenvalue weighted by atomic mass is 10.1. The Balaban J connectivity index is 1.000. The topological polar surface area (TPSA) is 106 Å². The molecule has 5 heterocycles. The standard InChI is InChI=1S/C30H29FN6O4S/c31-20-5-7-23-25(15-20)42-29(33-23)18-41-28-3-1-2-26(34-28)36-11-9-35(10-12-36)17-27-32-22-6-4-19(30(38)39)14-24(22)37(27)16-21-8-13-40-21/h1-7,14-15,21H,8-13,16-18H2,(H,38,39). The number of hydrogen-bond donors (Lipinski definition) is 1. The molecule has 1 atom stereocenters. The highest BCUT2D eigenvalue weighted by Gasteiger charge is 2.25. The van der Waals surface area contributed by atoms with Gasteiger partial charge in [0.25, 0.3) is 0 Å². The summed E-state index contributed by atoms with van der Waals surface area (Å²) in [6.45, 7) is 5.63. The number of aromatic carboxylic acids is 1. The lowest BCUT2D eigenvalue weighted by molar-refractivity contribution is -0.0592. The molecule has 2 aliphatic heterocycles. The summed E-state index contributed by atoms with van der Waals surface area (Å²) in [4.78, 5) is 30.3. The van der Waals surface area contributed by atoms with E-state index in [1.54, 1.807) is 24.3 Å². The highest BCUT2D eigenvalue weighted by Crippen LogP contribution is 2.26. The molecule has 10 nitrogen and oxygen atoms in total. The molecule has 3 aromatic heterocycles. The van der Waals surface area contributed by atoms with Crippen molar-refractivity contribution in [3.8, 4) is 5.88 Å². The molecule has 5 aromatic rings. The molecule has 216 valence electrons. The fraction of sp³-hybridized carbons (Fsp3) is 0.333. The van der Waals surface area contributed by atoms with E-state index < -0.39 is 5.97 Å². The number of carboxylic acids is 1. The second-order valence-corrected chi connectivity index (χ2v) is 11.6. The van der Waals surface area contributed by atoms with Gasteiger partial charge in [-0.05, 0) is 48.9 Å². The number of rotatable bonds is 9. The van der Waals surface area contributed by atoms with Crippen molar-refractivity contribution >= 4 is 44.4 Å². The first-order valence-corrected chi connectivity index (χ1v) is 14.8. The van der Waals surface area contributed by atoms with Gasteiger partial charge in [-0.3, -0.25) is 4.90 Å². The van der Waals surface area contributed by atoms with Gasteiger partial charge in [0.2, 0.25) is 5.88 Å². The zero-order chi connectivity index (χ0) is 28.6. The number of pyridine rings is 1. The van der Waals surface area contributed by atoms with E-state index >= 15 is 0 Å². The van der Waals surface area contributed by atoms with Crippen LogP contribution in [0, 0.1) is 5.82 Å². The molecule has 7 rings (SSSR count). The van der Waals surface area contributed by atoms with Gasteiger partial charge < -0.3 is 24.0 Å². The van der Waals surface area contributed by atoms with Crippen LogP contribution in [0.5, 0.6) is 5.88 Å². The molecule has 12 heteroatoms. The van der Waals surface area contributed by atoms with E-state index in [-0.39, 0.29) is 24.1 Å². The molecule has 2 fully saturated rings. The third-order valence-electron chi connectivity index (χ3n) is 7.76. The van der Waals surface area contributed by atoms with Crippen LogP contribution < -0.4 is 9.64 Å². The highest BCUT2D eigenvalue weighted by atomic mass is 32.1. The average molecular weight is 589 g/mol. The number of carbonyl (C=O) groups is 1. The zero-order valence-electron chi connectivity index (χ0n) is 22.8. The number of fused-ring (bicyclic) bond motifs is 2. The van der Waals surface area contributed by atoms with Gasteiger partial charge in [0.05, 0.1) is 46.0 Å². The van der Waals surface area contributed by atoms with Crippen LogP contribution in [0.2, 0.25) is 0 Å². The van der Waals surface area contributed by atoms with E-state index in [1.165, 1.54) is 23.5 Å². The first-order valence-electron chi connectivity index (χ1n) is 13.9. The maximum atomic E-state index is 13.5. The number of hydrogen-bond acceptors (Lipinski definition) is 9. The first kappa shape index (κ1) is 26.7. The van der Waals surface area contributed by atoms with Crippen molar-refractivity contribution in [2.45, 2.75) is 32.2 Å². The molecular weight excluding hydrogens is 559 g/mol. The number of halogens is 1. The van der Waals surface area contributed by atoms with Crippen molar-refractivity contribution in [3.63, 3.8) is 0 Å². The summed E-state index contributed by atoms with van der Waals surface area (Å²) in [5.74, 6) is 1.08. The number of piperazine rings is 1. The molecule has 1 unspecified atom stereocenters. The molecule has 0 aliphatic carbocycles. The van der Waals surface area contributed by atoms with Crippen LogP contribution in [0.3, 0.4) is 0 Å². The zero-order valence-corrected chi connectivity index (χ0v) is 23.6. The Labute approximate surface area is 244 Å². The van der Waals surface area contributed by atoms with E-state index in [0.29, 0.717) is 19.0 Å². The molecule has 0 radical (unpaired) electrons. The second kappa shape index (κ2) is 11.3. The second-order valence-electron chi connectivity index (χ2n) is 10.5. The Morgan fingerprint density at radius 2 is 1.88 bits per heavy atom. The third-order valence-corrected chi connectivity index (χ3v) is 8.75. The summed E-state index contributed by atoms with van der Waals surface area (Å²) in [6.07, 6.45) is 1.12. The Kier molecular flexibility index (Phi) is 7.18. The fourth-order valence-corrected chi connectivity index (χ4v) is 6.31. The summed E-state index contributed by atoms with van der Waals surface area (Å²) >= 11 is 1.42. The molecule has 0 amide bonds. The number of carboxylic acid groups (broad SMARTS) is 1. The average Bonchev–Trinajstić information content (AvgIpc) is 3.53. The maximum absolute atomic E-state index is 13.5. The van der Waals surface area contributed by atoms with Gasteiger partial charge in [-0.1, -0.05) is 6.07 Å². The maximum Gasteiger partial charge on any atom is 0.335 e. The number of thiazole rings is 1. The van der Waals surface area contributed by atoms with E-state index in [0.717, 1.165) is 77.1 Å². The van der Waals surface area contributed by atoms with Crippen LogP contribution in [-0.4, -0.2) is 74.4 Å². The Morgan fingerprint density at radius 1 is 1.05 bits per heavy atom. The molecule has 1 N–H and O–H groups in total. The van der Waals surface area contributed by atoms with Crippen molar-refractivity contribution in [2.75, 3.05) is 37.7 Å². The Hall–Kier alpha value is -4.13. The van der Waals surface area contributed by atoms with Crippen LogP contribution in [0.15, 0.2) is 54.6 Å². The van der Waals surface area contributed by atoms with Gasteiger partial charge in [-0.25, -0.2) is 19.2 Å². The number of nitrogens with zero attached hydrogens (tertiary/aromatic N) is 6. The Morgan fingerprint density at radius 3 is 2.67 bits per heavy atom. The number of anilines is 1. The van der Waals surface area contributed by atoms with Crippen molar-refractivity contribution in [1.82, 2.24) is 24.4 Å². The fourth-order valence-electron chi connectivity index (χ4n) is 5.40. The largest absolute Gasteiger partial charge is 0.478 e. The Bertz CT molecular complexity index is 1760. The summed E-state index contributed by atoms with van der Waals surface area (Å²) in [5, 5.41) is 10.3. The summed E-state index contributed by atoms with van der Waals surface area (Å²) in [5.41, 5.74) is 2.65. The van der Waals surface area contributed by atoms with Crippen LogP contribution >= 0.6 is 11.3 Å². The van der Waals surface area contributed by atoms with Crippen molar-refractivity contribution in [2.24, 2.45) is 0 Å². The molecule has 2 saturated heterocycles. The summed E-state index contributed by atoms with van der Waals surface area (Å²) in [6, 6.07) is 15.4. The van der Waals surface area contributed by atoms with Crippen LogP contribution in [-0.2, 0) is 24.4 Å². The first-order chi connectivity index (χ1) is 20.5. The number of ether oxygens (including phenoxy) is 2. The molecule has 0 saturated carbocycles. The monoisotopic (exact) mass is 588 g/mol. The molecule has 42 heavy (non-hydrogen) atoms. The van der Waals surface area contributed by atoms with Crippen molar-refractivity contribution in [1.29, 1.82) is 0 Å². The SMILES string of the molecule is O=C(O)c1ccc2nc(CN3CCN(c4cccc(OCc5nc6ccc(F)cc6s5)n4)CC3)n(CC3CCO3)c2c1. The predicted octanol–water partition coefficient (Wildman–Crippen LogP) is 4.57. The van der Waals surface area contributed by atoms with Gasteiger partial charge >= 0.3 is 5.97 Å². The van der Waals surface area contributed by atoms with Gasteiger partial charge in [0.15, 0.2) is 0 Å². The third kappa shape index (κ3) is 5.52. The van der Waals surface area contributed by atoms with Crippen molar-refractivity contribution < 1.29 is 23.8 Å². The van der Waals surface area contributed by atoms with E-state index in [4.69, 9.17) is 19.4 Å². The molecule has 2 aliphatic rings. The number of imidazole rings is 1. The van der Waals surface area contributed by atoms with E-state index in [9.17, 15) is 14.3 Å². The quantitative estimate of drug-likeness (QED) is 0.265. The summed E-state index contributed by atoms with van der Waals surface area (Å²) < 4.78 is 28.1. The van der Waals surface area contributed by atoms with Gasteiger partial charge in [0.1, 0.15) is 29.1 Å². The van der Waals surface area contributed by atoms with E-state index in [1.807, 2.05) is 18.2 Å². The predicted molar refractivity (Wildman–Crippen MR) is 157 cm³/mol. The highest BCUT2D eigenvalue weighted by molar-refractivity contribution is 7.18. The lowest BCUT2D eigenvalue weighted by Gasteiger charge is -2.35. The lowest BCUT2D eigenvalue weighted by Crippen LogP contribution is -2.46. The molecule has 0 spiro atoms. The normalized spacial score (nSPS) is 17.5. The van der Waals surface area contributed by atoms with Crippen LogP contribution in [0.1, 0.15) is 27.6 Å². The molecule has 2 aromatic carbocycles. The van der Waals surface area contributed by atoms with Gasteiger partial charge in [-0.15, -0.1) is 11.3 Å². The van der Waals surface area contributed by atoms with Gasteiger partial charge in [-0.2, -0.15) is 4.98 Å². The van der Waals surface area contributed by atoms with Crippen LogP contribution in [0.4, 0.5) is 10.2 Å². The van der Waals surface area contributed by atoms with Crippen LogP contribution in [0.25, 0.3) is 21.3 Å². The van der Waals surface area contributed by atoms with Gasteiger partial charge in [0, 0.05) is 38.9 Å². The number of benzene rings is 2. The minimum absolute atomic E-state index is 0.129. The minimum Gasteiger partial charge on any atom is -0.478 e. The number of aromatic nitrogens is 4. The van der Waals surface area contributed by atoms with E-state index in [2.05, 4.69) is 19.4 Å². The molecule has 0 bridgehead atoms. The van der Waals surface area contributed by atoms with Crippen molar-refractivity contribution in [3.05, 3.63) is 76.8 Å².